The average Bonchev–Trinajstić information content (AvgIpc) is 2.81. The molecule has 0 amide bonds. The summed E-state index contributed by atoms with van der Waals surface area (Å²) in [4.78, 5) is 0. The van der Waals surface area contributed by atoms with Crippen molar-refractivity contribution in [1.82, 2.24) is 10.2 Å². The molecule has 0 saturated heterocycles. The summed E-state index contributed by atoms with van der Waals surface area (Å²) in [6.45, 7) is 12.6. The Balaban J connectivity index is 2.56. The molecule has 0 spiro atoms. The van der Waals surface area contributed by atoms with E-state index in [4.69, 9.17) is 0 Å². The summed E-state index contributed by atoms with van der Waals surface area (Å²) in [5, 5.41) is 20.8. The molecule has 0 aliphatic heterocycles. The molecule has 0 bridgehead atoms. The number of phenolic OH excluding ortho intramolecular Hbond substituents is 1. The van der Waals surface area contributed by atoms with E-state index in [-0.39, 0.29) is 10.8 Å². The molecular weight excluding hydrogens is 262 g/mol. The van der Waals surface area contributed by atoms with Crippen molar-refractivity contribution in [3.05, 3.63) is 35.5 Å². The maximum absolute atomic E-state index is 10.7. The molecule has 0 unspecified atom stereocenters. The van der Waals surface area contributed by atoms with Crippen molar-refractivity contribution in [2.45, 2.75) is 52.4 Å². The van der Waals surface area contributed by atoms with E-state index in [9.17, 15) is 5.11 Å². The molecule has 3 N–H and O–H groups in total. The number of anilines is 2. The first-order valence-corrected chi connectivity index (χ1v) is 7.23. The number of aromatic nitrogens is 2. The van der Waals surface area contributed by atoms with Crippen LogP contribution >= 0.6 is 0 Å². The Hall–Kier alpha value is -1.97. The molecule has 1 aromatic carbocycles. The fourth-order valence-corrected chi connectivity index (χ4v) is 2.33. The summed E-state index contributed by atoms with van der Waals surface area (Å²) in [7, 11) is 0. The second-order valence-electron chi connectivity index (χ2n) is 7.52. The van der Waals surface area contributed by atoms with Crippen LogP contribution in [-0.4, -0.2) is 15.3 Å². The van der Waals surface area contributed by atoms with E-state index in [1.807, 2.05) is 18.2 Å². The van der Waals surface area contributed by atoms with Crippen LogP contribution in [0.15, 0.2) is 24.4 Å². The van der Waals surface area contributed by atoms with Crippen molar-refractivity contribution >= 4 is 11.5 Å². The van der Waals surface area contributed by atoms with Gasteiger partial charge < -0.3 is 10.4 Å². The van der Waals surface area contributed by atoms with Gasteiger partial charge in [-0.25, -0.2) is 0 Å². The predicted molar refractivity (Wildman–Crippen MR) is 87.4 cm³/mol. The highest BCUT2D eigenvalue weighted by atomic mass is 16.3. The molecule has 4 heteroatoms. The standard InChI is InChI=1S/C17H25N3O/c1-16(2,3)12-9-11(19-14-7-8-18-20-14)10-13(15(12)21)17(4,5)6/h7-10,21H,1-6H3,(H2,18,19,20). The van der Waals surface area contributed by atoms with Gasteiger partial charge in [0.05, 0.1) is 6.20 Å². The zero-order chi connectivity index (χ0) is 15.8. The molecule has 114 valence electrons. The summed E-state index contributed by atoms with van der Waals surface area (Å²) >= 11 is 0. The Kier molecular flexibility index (Phi) is 3.74. The number of rotatable bonds is 2. The lowest BCUT2D eigenvalue weighted by molar-refractivity contribution is 0.423. The van der Waals surface area contributed by atoms with E-state index in [1.54, 1.807) is 6.20 Å². The van der Waals surface area contributed by atoms with Gasteiger partial charge in [-0.05, 0) is 23.0 Å². The van der Waals surface area contributed by atoms with Crippen LogP contribution in [0.25, 0.3) is 0 Å². The zero-order valence-corrected chi connectivity index (χ0v) is 13.7. The molecule has 0 saturated carbocycles. The maximum Gasteiger partial charge on any atom is 0.125 e. The fraction of sp³-hybridized carbons (Fsp3) is 0.471. The Bertz CT molecular complexity index is 581. The van der Waals surface area contributed by atoms with Gasteiger partial charge in [0.1, 0.15) is 11.6 Å². The smallest absolute Gasteiger partial charge is 0.125 e. The molecule has 1 heterocycles. The van der Waals surface area contributed by atoms with E-state index in [2.05, 4.69) is 57.1 Å². The maximum atomic E-state index is 10.7. The highest BCUT2D eigenvalue weighted by molar-refractivity contribution is 5.63. The third-order valence-electron chi connectivity index (χ3n) is 3.51. The van der Waals surface area contributed by atoms with Gasteiger partial charge in [-0.2, -0.15) is 5.10 Å². The number of phenols is 1. The topological polar surface area (TPSA) is 60.9 Å². The van der Waals surface area contributed by atoms with Gasteiger partial charge in [-0.15, -0.1) is 0 Å². The molecule has 0 fully saturated rings. The number of nitrogens with one attached hydrogen (secondary N) is 2. The Morgan fingerprint density at radius 2 is 1.52 bits per heavy atom. The van der Waals surface area contributed by atoms with Crippen LogP contribution < -0.4 is 5.32 Å². The molecule has 2 aromatic rings. The quantitative estimate of drug-likeness (QED) is 0.715. The van der Waals surface area contributed by atoms with Crippen LogP contribution in [0.2, 0.25) is 0 Å². The Morgan fingerprint density at radius 3 is 1.90 bits per heavy atom. The van der Waals surface area contributed by atoms with Crippen LogP contribution in [0, 0.1) is 0 Å². The lowest BCUT2D eigenvalue weighted by Crippen LogP contribution is -2.17. The van der Waals surface area contributed by atoms with Crippen molar-refractivity contribution in [2.75, 3.05) is 5.32 Å². The van der Waals surface area contributed by atoms with Gasteiger partial charge in [-0.3, -0.25) is 5.10 Å². The minimum absolute atomic E-state index is 0.129. The first kappa shape index (κ1) is 15.4. The number of hydrogen-bond acceptors (Lipinski definition) is 3. The Morgan fingerprint density at radius 1 is 1.00 bits per heavy atom. The summed E-state index contributed by atoms with van der Waals surface area (Å²) in [5.74, 6) is 1.23. The lowest BCUT2D eigenvalue weighted by atomic mass is 9.79. The molecule has 0 atom stereocenters. The van der Waals surface area contributed by atoms with Gasteiger partial charge in [-0.1, -0.05) is 41.5 Å². The van der Waals surface area contributed by atoms with Crippen LogP contribution in [0.1, 0.15) is 52.7 Å². The number of benzene rings is 1. The van der Waals surface area contributed by atoms with Crippen LogP contribution in [0.3, 0.4) is 0 Å². The first-order chi connectivity index (χ1) is 9.59. The van der Waals surface area contributed by atoms with Crippen LogP contribution in [-0.2, 0) is 10.8 Å². The highest BCUT2D eigenvalue weighted by Gasteiger charge is 2.26. The number of aromatic hydroxyl groups is 1. The van der Waals surface area contributed by atoms with E-state index < -0.39 is 0 Å². The van der Waals surface area contributed by atoms with Gasteiger partial charge in [0.2, 0.25) is 0 Å². The first-order valence-electron chi connectivity index (χ1n) is 7.23. The molecule has 21 heavy (non-hydrogen) atoms. The van der Waals surface area contributed by atoms with Crippen molar-refractivity contribution in [3.8, 4) is 5.75 Å². The molecule has 0 aliphatic rings. The number of H-pyrrole nitrogens is 1. The van der Waals surface area contributed by atoms with Crippen molar-refractivity contribution < 1.29 is 5.11 Å². The molecule has 0 aliphatic carbocycles. The Labute approximate surface area is 126 Å². The highest BCUT2D eigenvalue weighted by Crippen LogP contribution is 2.41. The van der Waals surface area contributed by atoms with Gasteiger partial charge >= 0.3 is 0 Å². The summed E-state index contributed by atoms with van der Waals surface area (Å²) < 4.78 is 0. The van der Waals surface area contributed by atoms with Crippen molar-refractivity contribution in [3.63, 3.8) is 0 Å². The fourth-order valence-electron chi connectivity index (χ4n) is 2.33. The minimum atomic E-state index is -0.129. The summed E-state index contributed by atoms with van der Waals surface area (Å²) in [6, 6.07) is 5.89. The molecule has 2 rings (SSSR count). The third-order valence-corrected chi connectivity index (χ3v) is 3.51. The lowest BCUT2D eigenvalue weighted by Gasteiger charge is -2.28. The molecule has 1 aromatic heterocycles. The SMILES string of the molecule is CC(C)(C)c1cc(Nc2ccn[nH]2)cc(C(C)(C)C)c1O. The minimum Gasteiger partial charge on any atom is -0.507 e. The van der Waals surface area contributed by atoms with E-state index in [1.165, 1.54) is 0 Å². The summed E-state index contributed by atoms with van der Waals surface area (Å²) in [5.41, 5.74) is 2.58. The monoisotopic (exact) mass is 287 g/mol. The van der Waals surface area contributed by atoms with Gasteiger partial charge in [0.15, 0.2) is 0 Å². The normalized spacial score (nSPS) is 12.5. The van der Waals surface area contributed by atoms with E-state index in [0.717, 1.165) is 22.6 Å². The zero-order valence-electron chi connectivity index (χ0n) is 13.7. The van der Waals surface area contributed by atoms with Crippen LogP contribution in [0.5, 0.6) is 5.75 Å². The average molecular weight is 287 g/mol. The molecule has 4 nitrogen and oxygen atoms in total. The number of aromatic amines is 1. The largest absolute Gasteiger partial charge is 0.507 e. The van der Waals surface area contributed by atoms with Crippen molar-refractivity contribution in [1.29, 1.82) is 0 Å². The van der Waals surface area contributed by atoms with Crippen LogP contribution in [0.4, 0.5) is 11.5 Å². The van der Waals surface area contributed by atoms with Crippen molar-refractivity contribution in [2.24, 2.45) is 0 Å². The third kappa shape index (κ3) is 3.38. The van der Waals surface area contributed by atoms with Gasteiger partial charge in [0.25, 0.3) is 0 Å². The predicted octanol–water partition coefficient (Wildman–Crippen LogP) is 4.45. The number of hydrogen-bond donors (Lipinski definition) is 3. The second kappa shape index (κ2) is 5.10. The number of nitrogens with zero attached hydrogens (tertiary/aromatic N) is 1. The second-order valence-corrected chi connectivity index (χ2v) is 7.52. The van der Waals surface area contributed by atoms with E-state index in [0.29, 0.717) is 5.75 Å². The van der Waals surface area contributed by atoms with Gasteiger partial charge in [0, 0.05) is 22.9 Å². The summed E-state index contributed by atoms with van der Waals surface area (Å²) in [6.07, 6.45) is 1.71. The molecule has 0 radical (unpaired) electrons. The molecular formula is C17H25N3O. The van der Waals surface area contributed by atoms with E-state index >= 15 is 0 Å².